The van der Waals surface area contributed by atoms with Crippen LogP contribution in [0.5, 0.6) is 0 Å². The van der Waals surface area contributed by atoms with Gasteiger partial charge in [0.05, 0.1) is 31.9 Å². The van der Waals surface area contributed by atoms with Gasteiger partial charge in [-0.15, -0.1) is 22.7 Å². The molecule has 5 rings (SSSR count). The Morgan fingerprint density at radius 3 is 2.18 bits per heavy atom. The van der Waals surface area contributed by atoms with Gasteiger partial charge in [0.25, 0.3) is 0 Å². The van der Waals surface area contributed by atoms with Gasteiger partial charge in [0.1, 0.15) is 30.4 Å². The van der Waals surface area contributed by atoms with Crippen LogP contribution in [0.25, 0.3) is 0 Å². The molecule has 2 aromatic rings. The third-order valence-electron chi connectivity index (χ3n) is 5.70. The zero-order valence-electron chi connectivity index (χ0n) is 20.1. The molecule has 5 nitrogen and oxygen atoms in total. The molecule has 5 heterocycles. The Morgan fingerprint density at radius 1 is 1.21 bits per heavy atom. The number of epoxide rings is 1. The van der Waals surface area contributed by atoms with Crippen molar-refractivity contribution >= 4 is 28.6 Å². The van der Waals surface area contributed by atoms with Crippen molar-refractivity contribution in [2.24, 2.45) is 0 Å². The molecule has 4 atom stereocenters. The Kier molecular flexibility index (Phi) is 4.04. The van der Waals surface area contributed by atoms with Crippen LogP contribution in [-0.4, -0.2) is 59.9 Å². The summed E-state index contributed by atoms with van der Waals surface area (Å²) in [5.41, 5.74) is -1.97. The highest BCUT2D eigenvalue weighted by Gasteiger charge is 2.71. The van der Waals surface area contributed by atoms with Crippen LogP contribution in [0.3, 0.4) is 0 Å². The fourth-order valence-corrected chi connectivity index (χ4v) is 6.04. The lowest BCUT2D eigenvalue weighted by molar-refractivity contribution is -0.938. The fourth-order valence-electron chi connectivity index (χ4n) is 4.32. The van der Waals surface area contributed by atoms with Gasteiger partial charge in [0.15, 0.2) is 0 Å². The van der Waals surface area contributed by atoms with Gasteiger partial charge in [0, 0.05) is 12.8 Å². The van der Waals surface area contributed by atoms with Crippen molar-refractivity contribution in [3.63, 3.8) is 0 Å². The van der Waals surface area contributed by atoms with Crippen LogP contribution in [0.15, 0.2) is 35.0 Å². The molecule has 1 N–H and O–H groups in total. The largest absolute Gasteiger partial charge is 1.00 e. The number of aliphatic hydroxyl groups is 1. The van der Waals surface area contributed by atoms with Gasteiger partial charge in [0.2, 0.25) is 5.60 Å². The molecule has 3 aliphatic rings. The molecule has 3 fully saturated rings. The molecule has 154 valence electrons. The molecule has 0 aliphatic carbocycles. The van der Waals surface area contributed by atoms with E-state index in [1.165, 1.54) is 22.7 Å². The van der Waals surface area contributed by atoms with Gasteiger partial charge in [-0.1, -0.05) is 19.6 Å². The number of carbonyl (C=O) groups is 1. The van der Waals surface area contributed by atoms with E-state index in [1.807, 2.05) is 0 Å². The van der Waals surface area contributed by atoms with E-state index in [1.54, 1.807) is 35.0 Å². The third-order valence-corrected chi connectivity index (χ3v) is 7.66. The smallest absolute Gasteiger partial charge is 0.349 e. The number of fused-ring (bicyclic) bond motifs is 5. The Bertz CT molecular complexity index is 945. The van der Waals surface area contributed by atoms with E-state index in [0.29, 0.717) is 9.75 Å². The number of rotatable bonds is 4. The quantitative estimate of drug-likeness (QED) is 0.369. The minimum absolute atomic E-state index is 0. The number of piperidine rings is 1. The first-order valence-electron chi connectivity index (χ1n) is 11.5. The lowest BCUT2D eigenvalue weighted by Crippen LogP contribution is -3.00. The first-order valence-corrected chi connectivity index (χ1v) is 10.2. The van der Waals surface area contributed by atoms with Crippen LogP contribution in [0.2, 0.25) is 0 Å². The molecule has 2 aromatic heterocycles. The van der Waals surface area contributed by atoms with Crippen LogP contribution in [0.1, 0.15) is 38.2 Å². The number of esters is 1. The number of morpholine rings is 1. The summed E-state index contributed by atoms with van der Waals surface area (Å²) in [6, 6.07) is 5.10. The number of hydrogen-bond donors (Lipinski definition) is 1. The normalized spacial score (nSPS) is 36.0. The zero-order chi connectivity index (χ0) is 23.1. The molecular formula is C20H26BrNO4S2. The summed E-state index contributed by atoms with van der Waals surface area (Å²) in [6.07, 6.45) is -1.57. The van der Waals surface area contributed by atoms with Gasteiger partial charge >= 0.3 is 5.97 Å². The summed E-state index contributed by atoms with van der Waals surface area (Å²) in [6.45, 7) is -5.53. The van der Waals surface area contributed by atoms with Crippen molar-refractivity contribution in [1.29, 1.82) is 0 Å². The van der Waals surface area contributed by atoms with Gasteiger partial charge in [-0.3, -0.25) is 0 Å². The van der Waals surface area contributed by atoms with Crippen LogP contribution in [0, 0.1) is 0 Å². The molecule has 0 amide bonds. The highest BCUT2D eigenvalue weighted by molar-refractivity contribution is 7.12. The molecule has 0 saturated carbocycles. The number of quaternary nitrogens is 1. The first kappa shape index (κ1) is 15.1. The predicted molar refractivity (Wildman–Crippen MR) is 106 cm³/mol. The second-order valence-corrected chi connectivity index (χ2v) is 9.04. The van der Waals surface area contributed by atoms with Crippen molar-refractivity contribution < 1.29 is 49.1 Å². The molecule has 0 aromatic carbocycles. The van der Waals surface area contributed by atoms with Crippen molar-refractivity contribution in [3.8, 4) is 0 Å². The van der Waals surface area contributed by atoms with Crippen molar-refractivity contribution in [2.75, 3.05) is 14.0 Å². The molecule has 8 heteroatoms. The minimum atomic E-state index is -2.76. The topological polar surface area (TPSA) is 59.1 Å². The molecule has 0 spiro atoms. The van der Waals surface area contributed by atoms with E-state index in [4.69, 9.17) is 17.7 Å². The number of hydrogen-bond acceptors (Lipinski definition) is 6. The number of ether oxygens (including phenoxy) is 2. The van der Waals surface area contributed by atoms with E-state index in [-0.39, 0.29) is 37.2 Å². The summed E-state index contributed by atoms with van der Waals surface area (Å²) < 4.78 is 58.8. The van der Waals surface area contributed by atoms with Crippen LogP contribution < -0.4 is 17.0 Å². The van der Waals surface area contributed by atoms with Crippen molar-refractivity contribution in [3.05, 3.63) is 44.8 Å². The maximum atomic E-state index is 13.3. The Hall–Kier alpha value is -0.770. The van der Waals surface area contributed by atoms with E-state index in [2.05, 4.69) is 0 Å². The maximum Gasteiger partial charge on any atom is 0.349 e. The predicted octanol–water partition coefficient (Wildman–Crippen LogP) is -0.0142. The molecule has 3 aliphatic heterocycles. The van der Waals surface area contributed by atoms with Crippen molar-refractivity contribution in [2.45, 2.75) is 56.3 Å². The molecule has 0 radical (unpaired) electrons. The first-order chi connectivity index (χ1) is 14.9. The van der Waals surface area contributed by atoms with E-state index >= 15 is 0 Å². The summed E-state index contributed by atoms with van der Waals surface area (Å²) >= 11 is 2.46. The molecule has 2 bridgehead atoms. The lowest BCUT2D eigenvalue weighted by atomic mass is 9.95. The molecule has 3 saturated heterocycles. The van der Waals surface area contributed by atoms with Gasteiger partial charge in [-0.2, -0.15) is 0 Å². The fraction of sp³-hybridized carbons (Fsp3) is 0.550. The minimum Gasteiger partial charge on any atom is -1.00 e. The highest BCUT2D eigenvalue weighted by Crippen LogP contribution is 2.52. The Balaban J connectivity index is 0.00000162. The van der Waals surface area contributed by atoms with Crippen molar-refractivity contribution in [1.82, 2.24) is 0 Å². The average Bonchev–Trinajstić information content (AvgIpc) is 3.07. The van der Waals surface area contributed by atoms with Gasteiger partial charge in [-0.05, 0) is 22.9 Å². The molecule has 28 heavy (non-hydrogen) atoms. The number of thiophene rings is 2. The van der Waals surface area contributed by atoms with E-state index < -0.39 is 60.4 Å². The lowest BCUT2D eigenvalue weighted by Gasteiger charge is -2.45. The summed E-state index contributed by atoms with van der Waals surface area (Å²) in [7, 11) is 0. The standard InChI is InChI=1S/C19H22NO4S2.CH4.BrH/c1-20(2)12-9-11(10-13(20)17-16(12)24-17)23-18(21)19(22,14-5-3-7-25-14)15-6-4-8-26-15;;/h3-8,11-13,16-17,22H,9-10H2,1-2H3;1H4;1H/q+1;;/p-1/i1D3,2D3;;. The maximum absolute atomic E-state index is 13.3. The number of halogens is 1. The number of nitrogens with zero attached hydrogens (tertiary/aromatic N) is 1. The number of likely N-dealkylation sites (N-methyl/N-ethyl adjacent to an activating group) is 1. The monoisotopic (exact) mass is 493 g/mol. The van der Waals surface area contributed by atoms with Crippen LogP contribution >= 0.6 is 22.7 Å². The SMILES string of the molecule is C.[2H]C([2H])([2H])[N+]1(C([2H])([2H])[2H])C2CC(OC(=O)C(O)(c3cccs3)c3cccs3)CC1C1OC12.[Br-]. The average molecular weight is 495 g/mol. The summed E-state index contributed by atoms with van der Waals surface area (Å²) in [5, 5.41) is 14.9. The number of carbonyl (C=O) groups excluding carboxylic acids is 1. The summed E-state index contributed by atoms with van der Waals surface area (Å²) in [5.74, 6) is -0.843. The third kappa shape index (κ3) is 3.09. The zero-order valence-corrected chi connectivity index (χ0v) is 17.3. The summed E-state index contributed by atoms with van der Waals surface area (Å²) in [4.78, 5) is 14.1. The second kappa shape index (κ2) is 7.49. The molecular weight excluding hydrogens is 462 g/mol. The molecule has 4 unspecified atom stereocenters. The van der Waals surface area contributed by atoms with Gasteiger partial charge in [-0.25, -0.2) is 4.79 Å². The Morgan fingerprint density at radius 2 is 1.75 bits per heavy atom. The Labute approximate surface area is 192 Å². The van der Waals surface area contributed by atoms with Crippen LogP contribution in [-0.2, 0) is 19.9 Å². The second-order valence-electron chi connectivity index (χ2n) is 7.14. The highest BCUT2D eigenvalue weighted by atomic mass is 79.9. The van der Waals surface area contributed by atoms with Gasteiger partial charge < -0.3 is 36.0 Å². The van der Waals surface area contributed by atoms with E-state index in [0.717, 1.165) is 0 Å². The van der Waals surface area contributed by atoms with Crippen LogP contribution in [0.4, 0.5) is 0 Å². The van der Waals surface area contributed by atoms with E-state index in [9.17, 15) is 9.90 Å².